The fourth-order valence-electron chi connectivity index (χ4n) is 1.41. The van der Waals surface area contributed by atoms with Gasteiger partial charge in [-0.25, -0.2) is 9.67 Å². The highest BCUT2D eigenvalue weighted by molar-refractivity contribution is 7.98. The molecule has 2 rings (SSSR count). The molecule has 2 aromatic rings. The number of aromatic nitrogens is 5. The van der Waals surface area contributed by atoms with Gasteiger partial charge in [0.15, 0.2) is 0 Å². The van der Waals surface area contributed by atoms with E-state index < -0.39 is 5.97 Å². The summed E-state index contributed by atoms with van der Waals surface area (Å²) in [6.45, 7) is 1.89. The predicted molar refractivity (Wildman–Crippen MR) is 71.1 cm³/mol. The van der Waals surface area contributed by atoms with Crippen molar-refractivity contribution < 1.29 is 9.90 Å². The first-order valence-corrected chi connectivity index (χ1v) is 7.59. The third-order valence-corrected chi connectivity index (χ3v) is 4.14. The average Bonchev–Trinajstić information content (AvgIpc) is 2.96. The van der Waals surface area contributed by atoms with Gasteiger partial charge in [-0.05, 0) is 23.3 Å². The topological polar surface area (TPSA) is 93.8 Å². The van der Waals surface area contributed by atoms with E-state index in [0.717, 1.165) is 23.5 Å². The molecule has 1 N–H and O–H groups in total. The Hall–Kier alpha value is -1.48. The van der Waals surface area contributed by atoms with Gasteiger partial charge in [0, 0.05) is 11.1 Å². The van der Waals surface area contributed by atoms with Gasteiger partial charge in [-0.1, -0.05) is 18.7 Å². The summed E-state index contributed by atoms with van der Waals surface area (Å²) in [5, 5.41) is 23.3. The summed E-state index contributed by atoms with van der Waals surface area (Å²) in [6, 6.07) is 0. The van der Waals surface area contributed by atoms with Crippen LogP contribution in [0.3, 0.4) is 0 Å². The molecule has 0 saturated carbocycles. The van der Waals surface area contributed by atoms with Gasteiger partial charge < -0.3 is 5.11 Å². The summed E-state index contributed by atoms with van der Waals surface area (Å²) in [5.41, 5.74) is 0.975. The number of nitrogens with zero attached hydrogens (tertiary/aromatic N) is 5. The number of hydrogen-bond donors (Lipinski definition) is 1. The Morgan fingerprint density at radius 2 is 2.42 bits per heavy atom. The molecule has 0 bridgehead atoms. The van der Waals surface area contributed by atoms with Crippen molar-refractivity contribution in [3.05, 3.63) is 16.1 Å². The lowest BCUT2D eigenvalue weighted by atomic mass is 10.3. The van der Waals surface area contributed by atoms with Crippen molar-refractivity contribution in [2.45, 2.75) is 37.2 Å². The molecular formula is C10H13N5O2S2. The van der Waals surface area contributed by atoms with Gasteiger partial charge in [0.1, 0.15) is 6.54 Å². The second-order valence-electron chi connectivity index (χ2n) is 3.78. The normalized spacial score (nSPS) is 10.8. The second kappa shape index (κ2) is 6.62. The highest BCUT2D eigenvalue weighted by atomic mass is 32.2. The average molecular weight is 299 g/mol. The van der Waals surface area contributed by atoms with Crippen molar-refractivity contribution >= 4 is 29.1 Å². The number of thioether (sulfide) groups is 1. The van der Waals surface area contributed by atoms with Crippen LogP contribution in [0.4, 0.5) is 0 Å². The van der Waals surface area contributed by atoms with Crippen molar-refractivity contribution in [2.75, 3.05) is 0 Å². The Kier molecular flexibility index (Phi) is 4.86. The van der Waals surface area contributed by atoms with Crippen LogP contribution in [0.15, 0.2) is 10.5 Å². The predicted octanol–water partition coefficient (Wildman–Crippen LogP) is 1.46. The third kappa shape index (κ3) is 4.00. The minimum absolute atomic E-state index is 0.229. The van der Waals surface area contributed by atoms with E-state index in [0.29, 0.717) is 10.9 Å². The minimum atomic E-state index is -0.965. The first-order valence-electron chi connectivity index (χ1n) is 5.73. The molecule has 9 heteroatoms. The summed E-state index contributed by atoms with van der Waals surface area (Å²) in [5.74, 6) is -0.326. The lowest BCUT2D eigenvalue weighted by Gasteiger charge is -1.99. The Balaban J connectivity index is 1.94. The Morgan fingerprint density at radius 1 is 1.58 bits per heavy atom. The SMILES string of the molecule is CCCc1nc(CSc2nnnn2CC(=O)O)cs1. The molecule has 0 saturated heterocycles. The molecule has 0 atom stereocenters. The molecule has 0 unspecified atom stereocenters. The monoisotopic (exact) mass is 299 g/mol. The van der Waals surface area contributed by atoms with E-state index >= 15 is 0 Å². The Morgan fingerprint density at radius 3 is 3.16 bits per heavy atom. The molecule has 0 aromatic carbocycles. The second-order valence-corrected chi connectivity index (χ2v) is 5.67. The third-order valence-electron chi connectivity index (χ3n) is 2.20. The van der Waals surface area contributed by atoms with Crippen molar-refractivity contribution in [2.24, 2.45) is 0 Å². The van der Waals surface area contributed by atoms with Crippen LogP contribution in [0, 0.1) is 0 Å². The first-order chi connectivity index (χ1) is 9.19. The highest BCUT2D eigenvalue weighted by Gasteiger charge is 2.11. The molecule has 0 radical (unpaired) electrons. The van der Waals surface area contributed by atoms with E-state index in [1.54, 1.807) is 11.3 Å². The van der Waals surface area contributed by atoms with Crippen LogP contribution in [0.25, 0.3) is 0 Å². The molecule has 0 aliphatic heterocycles. The largest absolute Gasteiger partial charge is 0.480 e. The van der Waals surface area contributed by atoms with E-state index in [1.807, 2.05) is 5.38 Å². The molecule has 0 fully saturated rings. The van der Waals surface area contributed by atoms with Crippen LogP contribution in [-0.2, 0) is 23.5 Å². The lowest BCUT2D eigenvalue weighted by Crippen LogP contribution is -2.11. The molecule has 0 amide bonds. The van der Waals surface area contributed by atoms with E-state index in [-0.39, 0.29) is 6.54 Å². The number of carboxylic acids is 1. The van der Waals surface area contributed by atoms with Crippen LogP contribution < -0.4 is 0 Å². The van der Waals surface area contributed by atoms with Gasteiger partial charge in [0.05, 0.1) is 10.7 Å². The quantitative estimate of drug-likeness (QED) is 0.773. The van der Waals surface area contributed by atoms with Crippen molar-refractivity contribution in [1.82, 2.24) is 25.2 Å². The van der Waals surface area contributed by atoms with Gasteiger partial charge in [-0.3, -0.25) is 4.79 Å². The van der Waals surface area contributed by atoms with Gasteiger partial charge in [0.25, 0.3) is 0 Å². The Labute approximate surface area is 118 Å². The molecule has 7 nitrogen and oxygen atoms in total. The molecule has 2 aromatic heterocycles. The van der Waals surface area contributed by atoms with Gasteiger partial charge >= 0.3 is 5.97 Å². The number of tetrazole rings is 1. The summed E-state index contributed by atoms with van der Waals surface area (Å²) in [7, 11) is 0. The number of aryl methyl sites for hydroxylation is 1. The number of thiazole rings is 1. The van der Waals surface area contributed by atoms with Crippen LogP contribution in [0.5, 0.6) is 0 Å². The number of carbonyl (C=O) groups is 1. The standard InChI is InChI=1S/C10H13N5O2S2/c1-2-3-8-11-7(5-18-8)6-19-10-12-13-14-15(10)4-9(16)17/h5H,2-4,6H2,1H3,(H,16,17). The summed E-state index contributed by atoms with van der Waals surface area (Å²) < 4.78 is 1.27. The van der Waals surface area contributed by atoms with Crippen molar-refractivity contribution in [1.29, 1.82) is 0 Å². The molecule has 0 aliphatic rings. The van der Waals surface area contributed by atoms with E-state index in [1.165, 1.54) is 16.4 Å². The van der Waals surface area contributed by atoms with Crippen molar-refractivity contribution in [3.63, 3.8) is 0 Å². The summed E-state index contributed by atoms with van der Waals surface area (Å²) in [4.78, 5) is 15.1. The van der Waals surface area contributed by atoms with Crippen LogP contribution in [0.2, 0.25) is 0 Å². The van der Waals surface area contributed by atoms with E-state index in [4.69, 9.17) is 5.11 Å². The Bertz CT molecular complexity index is 554. The maximum Gasteiger partial charge on any atom is 0.325 e. The minimum Gasteiger partial charge on any atom is -0.480 e. The fourth-order valence-corrected chi connectivity index (χ4v) is 3.18. The zero-order valence-corrected chi connectivity index (χ0v) is 11.9. The number of aliphatic carboxylic acids is 1. The first kappa shape index (κ1) is 13.9. The van der Waals surface area contributed by atoms with E-state index in [9.17, 15) is 4.79 Å². The van der Waals surface area contributed by atoms with Gasteiger partial charge in [-0.15, -0.1) is 16.4 Å². The maximum absolute atomic E-state index is 10.6. The smallest absolute Gasteiger partial charge is 0.325 e. The molecule has 0 aliphatic carbocycles. The van der Waals surface area contributed by atoms with Crippen LogP contribution >= 0.6 is 23.1 Å². The summed E-state index contributed by atoms with van der Waals surface area (Å²) >= 11 is 3.04. The molecular weight excluding hydrogens is 286 g/mol. The summed E-state index contributed by atoms with van der Waals surface area (Å²) in [6.07, 6.45) is 2.07. The zero-order valence-electron chi connectivity index (χ0n) is 10.3. The number of hydrogen-bond acceptors (Lipinski definition) is 7. The van der Waals surface area contributed by atoms with Crippen molar-refractivity contribution in [3.8, 4) is 0 Å². The van der Waals surface area contributed by atoms with Gasteiger partial charge in [0.2, 0.25) is 5.16 Å². The number of rotatable bonds is 7. The number of carboxylic acid groups (broad SMARTS) is 1. The van der Waals surface area contributed by atoms with Gasteiger partial charge in [-0.2, -0.15) is 0 Å². The zero-order chi connectivity index (χ0) is 13.7. The van der Waals surface area contributed by atoms with Crippen LogP contribution in [-0.4, -0.2) is 36.3 Å². The molecule has 2 heterocycles. The highest BCUT2D eigenvalue weighted by Crippen LogP contribution is 2.21. The van der Waals surface area contributed by atoms with Crippen LogP contribution in [0.1, 0.15) is 24.0 Å². The fraction of sp³-hybridized carbons (Fsp3) is 0.500. The maximum atomic E-state index is 10.6. The lowest BCUT2D eigenvalue weighted by molar-refractivity contribution is -0.138. The molecule has 102 valence electrons. The molecule has 19 heavy (non-hydrogen) atoms. The van der Waals surface area contributed by atoms with E-state index in [2.05, 4.69) is 27.4 Å². The molecule has 0 spiro atoms.